The molecule has 72 valence electrons. The van der Waals surface area contributed by atoms with Crippen molar-refractivity contribution in [2.45, 2.75) is 26.7 Å². The van der Waals surface area contributed by atoms with Gasteiger partial charge in [-0.2, -0.15) is 0 Å². The van der Waals surface area contributed by atoms with Crippen molar-refractivity contribution in [3.05, 3.63) is 18.6 Å². The molecule has 0 aliphatic rings. The quantitative estimate of drug-likeness (QED) is 0.693. The second-order valence-electron chi connectivity index (χ2n) is 3.05. The van der Waals surface area contributed by atoms with E-state index in [1.165, 1.54) is 0 Å². The minimum Gasteiger partial charge on any atom is -0.357 e. The molecule has 0 bridgehead atoms. The lowest BCUT2D eigenvalue weighted by Crippen LogP contribution is -2.25. The lowest BCUT2D eigenvalue weighted by Gasteiger charge is -2.21. The topological polar surface area (TPSA) is 29.0 Å². The van der Waals surface area contributed by atoms with Gasteiger partial charge in [0.05, 0.1) is 0 Å². The molecule has 1 aromatic rings. The van der Waals surface area contributed by atoms with Gasteiger partial charge in [-0.1, -0.05) is 13.8 Å². The highest BCUT2D eigenvalue weighted by Gasteiger charge is 2.03. The minimum absolute atomic E-state index is 1.04. The Balaban J connectivity index is 2.64. The molecule has 1 aromatic heterocycles. The maximum absolute atomic E-state index is 4.23. The van der Waals surface area contributed by atoms with Crippen molar-refractivity contribution in [2.24, 2.45) is 0 Å². The summed E-state index contributed by atoms with van der Waals surface area (Å²) < 4.78 is 0. The number of anilines is 1. The Kier molecular flexibility index (Phi) is 4.23. The first-order valence-electron chi connectivity index (χ1n) is 4.89. The van der Waals surface area contributed by atoms with Crippen LogP contribution in [0.3, 0.4) is 0 Å². The van der Waals surface area contributed by atoms with Crippen molar-refractivity contribution in [3.63, 3.8) is 0 Å². The Morgan fingerprint density at radius 2 is 1.92 bits per heavy atom. The van der Waals surface area contributed by atoms with E-state index in [2.05, 4.69) is 28.7 Å². The van der Waals surface area contributed by atoms with Gasteiger partial charge in [0.15, 0.2) is 0 Å². The van der Waals surface area contributed by atoms with E-state index in [0.29, 0.717) is 0 Å². The number of rotatable bonds is 5. The van der Waals surface area contributed by atoms with Crippen molar-refractivity contribution in [1.82, 2.24) is 9.97 Å². The molecule has 1 heterocycles. The number of hydrogen-bond donors (Lipinski definition) is 0. The smallest absolute Gasteiger partial charge is 0.131 e. The van der Waals surface area contributed by atoms with Gasteiger partial charge in [-0.25, -0.2) is 9.97 Å². The molecule has 0 spiro atoms. The fourth-order valence-corrected chi connectivity index (χ4v) is 1.35. The first-order valence-corrected chi connectivity index (χ1v) is 4.89. The van der Waals surface area contributed by atoms with Gasteiger partial charge in [-0.05, 0) is 18.9 Å². The third kappa shape index (κ3) is 3.01. The van der Waals surface area contributed by atoms with E-state index in [1.54, 1.807) is 12.5 Å². The van der Waals surface area contributed by atoms with Gasteiger partial charge in [0.1, 0.15) is 12.1 Å². The minimum atomic E-state index is 1.04. The van der Waals surface area contributed by atoms with E-state index in [4.69, 9.17) is 0 Å². The Labute approximate surface area is 79.8 Å². The molecule has 0 saturated heterocycles. The number of aromatic nitrogens is 2. The van der Waals surface area contributed by atoms with E-state index in [9.17, 15) is 0 Å². The zero-order chi connectivity index (χ0) is 9.52. The molecule has 3 heteroatoms. The second kappa shape index (κ2) is 5.51. The van der Waals surface area contributed by atoms with Crippen LogP contribution in [0.1, 0.15) is 26.7 Å². The summed E-state index contributed by atoms with van der Waals surface area (Å²) in [5.41, 5.74) is 0. The molecule has 0 atom stereocenters. The van der Waals surface area contributed by atoms with E-state index >= 15 is 0 Å². The molecule has 0 fully saturated rings. The summed E-state index contributed by atoms with van der Waals surface area (Å²) in [6.45, 7) is 6.52. The predicted octanol–water partition coefficient (Wildman–Crippen LogP) is 2.10. The molecule has 0 aromatic carbocycles. The van der Waals surface area contributed by atoms with Gasteiger partial charge in [0.2, 0.25) is 0 Å². The van der Waals surface area contributed by atoms with E-state index < -0.39 is 0 Å². The molecule has 0 unspecified atom stereocenters. The van der Waals surface area contributed by atoms with E-state index in [1.807, 2.05) is 6.07 Å². The standard InChI is InChI=1S/C10H17N3/c1-3-7-13(8-4-2)10-5-6-11-9-12-10/h5-6,9H,3-4,7-8H2,1-2H3. The molecule has 1 rings (SSSR count). The normalized spacial score (nSPS) is 10.0. The highest BCUT2D eigenvalue weighted by atomic mass is 15.2. The maximum Gasteiger partial charge on any atom is 0.131 e. The molecular weight excluding hydrogens is 162 g/mol. The third-order valence-electron chi connectivity index (χ3n) is 1.88. The monoisotopic (exact) mass is 179 g/mol. The summed E-state index contributed by atoms with van der Waals surface area (Å²) in [6.07, 6.45) is 5.71. The van der Waals surface area contributed by atoms with Gasteiger partial charge in [-0.15, -0.1) is 0 Å². The zero-order valence-corrected chi connectivity index (χ0v) is 8.40. The molecule has 3 nitrogen and oxygen atoms in total. The van der Waals surface area contributed by atoms with Gasteiger partial charge in [0, 0.05) is 19.3 Å². The van der Waals surface area contributed by atoms with E-state index in [0.717, 1.165) is 31.7 Å². The van der Waals surface area contributed by atoms with Crippen molar-refractivity contribution < 1.29 is 0 Å². The molecule has 0 aliphatic carbocycles. The molecular formula is C10H17N3. The summed E-state index contributed by atoms with van der Waals surface area (Å²) in [6, 6.07) is 1.96. The van der Waals surface area contributed by atoms with Crippen molar-refractivity contribution in [2.75, 3.05) is 18.0 Å². The first kappa shape index (κ1) is 9.96. The van der Waals surface area contributed by atoms with Crippen LogP contribution in [0.15, 0.2) is 18.6 Å². The van der Waals surface area contributed by atoms with Crippen LogP contribution in [-0.4, -0.2) is 23.1 Å². The van der Waals surface area contributed by atoms with Gasteiger partial charge >= 0.3 is 0 Å². The van der Waals surface area contributed by atoms with Crippen molar-refractivity contribution in [1.29, 1.82) is 0 Å². The molecule has 0 aliphatic heterocycles. The Hall–Kier alpha value is -1.12. The Morgan fingerprint density at radius 3 is 2.38 bits per heavy atom. The molecule has 0 amide bonds. The lowest BCUT2D eigenvalue weighted by molar-refractivity contribution is 0.732. The Morgan fingerprint density at radius 1 is 1.23 bits per heavy atom. The summed E-state index contributed by atoms with van der Waals surface area (Å²) in [7, 11) is 0. The van der Waals surface area contributed by atoms with Crippen LogP contribution in [-0.2, 0) is 0 Å². The lowest BCUT2D eigenvalue weighted by atomic mass is 10.3. The molecule has 0 N–H and O–H groups in total. The van der Waals surface area contributed by atoms with Crippen LogP contribution in [0, 0.1) is 0 Å². The average molecular weight is 179 g/mol. The molecule has 0 radical (unpaired) electrons. The van der Waals surface area contributed by atoms with Crippen LogP contribution in [0.2, 0.25) is 0 Å². The van der Waals surface area contributed by atoms with Gasteiger partial charge in [-0.3, -0.25) is 0 Å². The maximum atomic E-state index is 4.23. The molecule has 13 heavy (non-hydrogen) atoms. The summed E-state index contributed by atoms with van der Waals surface area (Å²) in [4.78, 5) is 10.4. The van der Waals surface area contributed by atoms with Gasteiger partial charge in [0.25, 0.3) is 0 Å². The average Bonchev–Trinajstić information content (AvgIpc) is 2.19. The second-order valence-corrected chi connectivity index (χ2v) is 3.05. The van der Waals surface area contributed by atoms with Crippen LogP contribution in [0.4, 0.5) is 5.82 Å². The van der Waals surface area contributed by atoms with Crippen LogP contribution in [0.25, 0.3) is 0 Å². The summed E-state index contributed by atoms with van der Waals surface area (Å²) >= 11 is 0. The first-order chi connectivity index (χ1) is 6.38. The van der Waals surface area contributed by atoms with Crippen molar-refractivity contribution in [3.8, 4) is 0 Å². The van der Waals surface area contributed by atoms with Crippen molar-refractivity contribution >= 4 is 5.82 Å². The third-order valence-corrected chi connectivity index (χ3v) is 1.88. The summed E-state index contributed by atoms with van der Waals surface area (Å²) in [5.74, 6) is 1.04. The highest BCUT2D eigenvalue weighted by Crippen LogP contribution is 2.08. The highest BCUT2D eigenvalue weighted by molar-refractivity contribution is 5.35. The fraction of sp³-hybridized carbons (Fsp3) is 0.600. The SMILES string of the molecule is CCCN(CCC)c1ccncn1. The van der Waals surface area contributed by atoms with E-state index in [-0.39, 0.29) is 0 Å². The van der Waals surface area contributed by atoms with Crippen LogP contribution in [0.5, 0.6) is 0 Å². The van der Waals surface area contributed by atoms with Crippen LogP contribution < -0.4 is 4.90 Å². The largest absolute Gasteiger partial charge is 0.357 e. The number of hydrogen-bond acceptors (Lipinski definition) is 3. The zero-order valence-electron chi connectivity index (χ0n) is 8.40. The predicted molar refractivity (Wildman–Crippen MR) is 54.8 cm³/mol. The van der Waals surface area contributed by atoms with Gasteiger partial charge < -0.3 is 4.90 Å². The summed E-state index contributed by atoms with van der Waals surface area (Å²) in [5, 5.41) is 0. The fourth-order valence-electron chi connectivity index (χ4n) is 1.35. The number of nitrogens with zero attached hydrogens (tertiary/aromatic N) is 3. The molecule has 0 saturated carbocycles. The Bertz CT molecular complexity index is 217. The van der Waals surface area contributed by atoms with Crippen LogP contribution >= 0.6 is 0 Å².